The predicted octanol–water partition coefficient (Wildman–Crippen LogP) is 3.19. The van der Waals surface area contributed by atoms with Gasteiger partial charge in [0.15, 0.2) is 0 Å². The Balaban J connectivity index is 1.70. The lowest BCUT2D eigenvalue weighted by Crippen LogP contribution is -2.28. The second kappa shape index (κ2) is 5.54. The average Bonchev–Trinajstić information content (AvgIpc) is 2.74. The second-order valence-corrected chi connectivity index (χ2v) is 5.35. The van der Waals surface area contributed by atoms with Gasteiger partial charge in [-0.3, -0.25) is 4.90 Å². The van der Waals surface area contributed by atoms with Crippen molar-refractivity contribution in [1.82, 2.24) is 4.90 Å². The molecule has 17 heavy (non-hydrogen) atoms. The summed E-state index contributed by atoms with van der Waals surface area (Å²) in [7, 11) is 0. The fourth-order valence-electron chi connectivity index (χ4n) is 2.41. The first-order valence-corrected chi connectivity index (χ1v) is 6.62. The van der Waals surface area contributed by atoms with Crippen LogP contribution in [-0.4, -0.2) is 31.1 Å². The summed E-state index contributed by atoms with van der Waals surface area (Å²) < 4.78 is 5.73. The average molecular weight is 233 g/mol. The van der Waals surface area contributed by atoms with Crippen molar-refractivity contribution >= 4 is 0 Å². The van der Waals surface area contributed by atoms with E-state index in [1.165, 1.54) is 25.9 Å². The Morgan fingerprint density at radius 3 is 2.71 bits per heavy atom. The number of nitrogens with zero attached hydrogens (tertiary/aromatic N) is 1. The van der Waals surface area contributed by atoms with Crippen LogP contribution in [0, 0.1) is 5.41 Å². The van der Waals surface area contributed by atoms with E-state index >= 15 is 0 Å². The SMILES string of the molecule is CCC1(C)CCN(CCOc2ccccc2)C1. The molecule has 1 heterocycles. The van der Waals surface area contributed by atoms with Crippen LogP contribution < -0.4 is 4.74 Å². The van der Waals surface area contributed by atoms with Crippen LogP contribution in [0.1, 0.15) is 26.7 Å². The smallest absolute Gasteiger partial charge is 0.119 e. The molecule has 0 N–H and O–H groups in total. The maximum absolute atomic E-state index is 5.73. The lowest BCUT2D eigenvalue weighted by atomic mass is 9.87. The molecule has 0 spiro atoms. The Morgan fingerprint density at radius 2 is 2.06 bits per heavy atom. The van der Waals surface area contributed by atoms with E-state index in [1.54, 1.807) is 0 Å². The molecule has 94 valence electrons. The molecule has 1 aromatic rings. The quantitative estimate of drug-likeness (QED) is 0.774. The summed E-state index contributed by atoms with van der Waals surface area (Å²) in [5.41, 5.74) is 0.534. The summed E-state index contributed by atoms with van der Waals surface area (Å²) in [6, 6.07) is 10.1. The summed E-state index contributed by atoms with van der Waals surface area (Å²) in [6.45, 7) is 8.98. The molecule has 0 aromatic heterocycles. The monoisotopic (exact) mass is 233 g/mol. The minimum absolute atomic E-state index is 0.534. The van der Waals surface area contributed by atoms with E-state index in [0.29, 0.717) is 5.41 Å². The van der Waals surface area contributed by atoms with Crippen molar-refractivity contribution in [2.75, 3.05) is 26.2 Å². The molecule has 2 heteroatoms. The van der Waals surface area contributed by atoms with Crippen molar-refractivity contribution in [2.45, 2.75) is 26.7 Å². The summed E-state index contributed by atoms with van der Waals surface area (Å²) in [6.07, 6.45) is 2.61. The first-order chi connectivity index (χ1) is 8.22. The maximum Gasteiger partial charge on any atom is 0.119 e. The number of rotatable bonds is 5. The lowest BCUT2D eigenvalue weighted by Gasteiger charge is -2.22. The number of para-hydroxylation sites is 1. The van der Waals surface area contributed by atoms with Gasteiger partial charge >= 0.3 is 0 Å². The number of hydrogen-bond acceptors (Lipinski definition) is 2. The van der Waals surface area contributed by atoms with Gasteiger partial charge in [-0.2, -0.15) is 0 Å². The zero-order valence-corrected chi connectivity index (χ0v) is 11.0. The van der Waals surface area contributed by atoms with E-state index in [0.717, 1.165) is 18.9 Å². The maximum atomic E-state index is 5.73. The van der Waals surface area contributed by atoms with Crippen LogP contribution in [0.3, 0.4) is 0 Å². The van der Waals surface area contributed by atoms with E-state index in [-0.39, 0.29) is 0 Å². The number of ether oxygens (including phenoxy) is 1. The van der Waals surface area contributed by atoms with Gasteiger partial charge in [0.1, 0.15) is 12.4 Å². The number of hydrogen-bond donors (Lipinski definition) is 0. The molecular formula is C15H23NO. The third kappa shape index (κ3) is 3.47. The van der Waals surface area contributed by atoms with Gasteiger partial charge in [-0.05, 0) is 36.9 Å². The van der Waals surface area contributed by atoms with Crippen LogP contribution >= 0.6 is 0 Å². The highest BCUT2D eigenvalue weighted by molar-refractivity contribution is 5.20. The van der Waals surface area contributed by atoms with E-state index < -0.39 is 0 Å². The van der Waals surface area contributed by atoms with Gasteiger partial charge in [-0.25, -0.2) is 0 Å². The number of likely N-dealkylation sites (tertiary alicyclic amines) is 1. The Labute approximate surface area is 105 Å². The molecule has 1 atom stereocenters. The minimum Gasteiger partial charge on any atom is -0.492 e. The summed E-state index contributed by atoms with van der Waals surface area (Å²) >= 11 is 0. The first-order valence-electron chi connectivity index (χ1n) is 6.62. The molecule has 0 saturated carbocycles. The minimum atomic E-state index is 0.534. The van der Waals surface area contributed by atoms with Gasteiger partial charge in [-0.15, -0.1) is 0 Å². The van der Waals surface area contributed by atoms with Gasteiger partial charge in [0.2, 0.25) is 0 Å². The highest BCUT2D eigenvalue weighted by atomic mass is 16.5. The molecule has 1 saturated heterocycles. The third-order valence-corrected chi connectivity index (χ3v) is 3.91. The van der Waals surface area contributed by atoms with Gasteiger partial charge in [0.25, 0.3) is 0 Å². The molecule has 2 nitrogen and oxygen atoms in total. The standard InChI is InChI=1S/C15H23NO/c1-3-15(2)9-10-16(13-15)11-12-17-14-7-5-4-6-8-14/h4-8H,3,9-13H2,1-2H3. The molecule has 0 aliphatic carbocycles. The topological polar surface area (TPSA) is 12.5 Å². The molecule has 0 radical (unpaired) electrons. The molecule has 1 fully saturated rings. The highest BCUT2D eigenvalue weighted by Gasteiger charge is 2.31. The van der Waals surface area contributed by atoms with Crippen molar-refractivity contribution < 1.29 is 4.74 Å². The molecule has 0 bridgehead atoms. The molecule has 2 rings (SSSR count). The van der Waals surface area contributed by atoms with Crippen LogP contribution in [0.2, 0.25) is 0 Å². The van der Waals surface area contributed by atoms with E-state index in [1.807, 2.05) is 30.3 Å². The van der Waals surface area contributed by atoms with Gasteiger partial charge in [0, 0.05) is 13.1 Å². The van der Waals surface area contributed by atoms with Gasteiger partial charge < -0.3 is 4.74 Å². The van der Waals surface area contributed by atoms with Crippen molar-refractivity contribution in [2.24, 2.45) is 5.41 Å². The molecular weight excluding hydrogens is 210 g/mol. The van der Waals surface area contributed by atoms with Crippen molar-refractivity contribution in [3.8, 4) is 5.75 Å². The fourth-order valence-corrected chi connectivity index (χ4v) is 2.41. The second-order valence-electron chi connectivity index (χ2n) is 5.35. The Hall–Kier alpha value is -1.02. The molecule has 1 aromatic carbocycles. The summed E-state index contributed by atoms with van der Waals surface area (Å²) in [5.74, 6) is 0.977. The largest absolute Gasteiger partial charge is 0.492 e. The van der Waals surface area contributed by atoms with Crippen LogP contribution in [0.5, 0.6) is 5.75 Å². The fraction of sp³-hybridized carbons (Fsp3) is 0.600. The Bertz CT molecular complexity index is 338. The zero-order valence-electron chi connectivity index (χ0n) is 11.0. The van der Waals surface area contributed by atoms with Crippen LogP contribution in [0.4, 0.5) is 0 Å². The van der Waals surface area contributed by atoms with Crippen LogP contribution in [0.15, 0.2) is 30.3 Å². The Morgan fingerprint density at radius 1 is 1.29 bits per heavy atom. The van der Waals surface area contributed by atoms with Crippen LogP contribution in [-0.2, 0) is 0 Å². The van der Waals surface area contributed by atoms with E-state index in [9.17, 15) is 0 Å². The first kappa shape index (κ1) is 12.4. The van der Waals surface area contributed by atoms with Crippen molar-refractivity contribution in [3.63, 3.8) is 0 Å². The molecule has 0 amide bonds. The highest BCUT2D eigenvalue weighted by Crippen LogP contribution is 2.32. The molecule has 1 aliphatic heterocycles. The van der Waals surface area contributed by atoms with Gasteiger partial charge in [-0.1, -0.05) is 32.0 Å². The lowest BCUT2D eigenvalue weighted by molar-refractivity contribution is 0.215. The molecule has 1 unspecified atom stereocenters. The van der Waals surface area contributed by atoms with Gasteiger partial charge in [0.05, 0.1) is 0 Å². The van der Waals surface area contributed by atoms with Crippen LogP contribution in [0.25, 0.3) is 0 Å². The Kier molecular flexibility index (Phi) is 4.06. The molecule has 1 aliphatic rings. The van der Waals surface area contributed by atoms with E-state index in [2.05, 4.69) is 18.7 Å². The van der Waals surface area contributed by atoms with Crippen molar-refractivity contribution in [1.29, 1.82) is 0 Å². The zero-order chi connectivity index (χ0) is 12.1. The normalized spacial score (nSPS) is 25.1. The summed E-state index contributed by atoms with van der Waals surface area (Å²) in [5, 5.41) is 0. The third-order valence-electron chi connectivity index (χ3n) is 3.91. The van der Waals surface area contributed by atoms with E-state index in [4.69, 9.17) is 4.74 Å². The predicted molar refractivity (Wildman–Crippen MR) is 71.4 cm³/mol. The summed E-state index contributed by atoms with van der Waals surface area (Å²) in [4.78, 5) is 2.52. The number of benzene rings is 1. The van der Waals surface area contributed by atoms with Crippen molar-refractivity contribution in [3.05, 3.63) is 30.3 Å².